The number of hydrogen-bond acceptors (Lipinski definition) is 4. The van der Waals surface area contributed by atoms with Crippen LogP contribution in [0.1, 0.15) is 54.5 Å². The number of nitrogens with zero attached hydrogens (tertiary/aromatic N) is 1. The van der Waals surface area contributed by atoms with Crippen molar-refractivity contribution in [1.82, 2.24) is 5.32 Å². The fourth-order valence-corrected chi connectivity index (χ4v) is 6.86. The fraction of sp³-hybridized carbons (Fsp3) is 0.345. The Labute approximate surface area is 228 Å². The van der Waals surface area contributed by atoms with Gasteiger partial charge in [-0.1, -0.05) is 42.8 Å². The number of amides is 1. The minimum absolute atomic E-state index is 0.0651. The van der Waals surface area contributed by atoms with Gasteiger partial charge in [0.05, 0.1) is 28.2 Å². The Hall–Kier alpha value is -2.84. The van der Waals surface area contributed by atoms with E-state index in [-0.39, 0.29) is 23.4 Å². The zero-order valence-corrected chi connectivity index (χ0v) is 23.9. The van der Waals surface area contributed by atoms with Crippen LogP contribution in [-0.2, 0) is 27.7 Å². The maximum Gasteiger partial charge on any atom is 0.264 e. The molecule has 4 rings (SSSR count). The lowest BCUT2D eigenvalue weighted by molar-refractivity contribution is -0.120. The Morgan fingerprint density at radius 2 is 1.73 bits per heavy atom. The zero-order chi connectivity index (χ0) is 26.6. The van der Waals surface area contributed by atoms with Crippen molar-refractivity contribution in [3.8, 4) is 5.75 Å². The highest BCUT2D eigenvalue weighted by Gasteiger charge is 2.29. The molecule has 8 heteroatoms. The van der Waals surface area contributed by atoms with Crippen LogP contribution < -0.4 is 14.4 Å². The first kappa shape index (κ1) is 27.2. The van der Waals surface area contributed by atoms with Crippen LogP contribution in [0.4, 0.5) is 5.69 Å². The van der Waals surface area contributed by atoms with E-state index in [4.69, 9.17) is 4.74 Å². The van der Waals surface area contributed by atoms with Crippen molar-refractivity contribution in [2.45, 2.75) is 56.9 Å². The number of benzene rings is 3. The van der Waals surface area contributed by atoms with Gasteiger partial charge in [-0.05, 0) is 102 Å². The van der Waals surface area contributed by atoms with E-state index in [2.05, 4.69) is 39.4 Å². The molecule has 0 bridgehead atoms. The number of methoxy groups -OCH3 is 1. The average molecular weight is 586 g/mol. The number of nitrogens with one attached hydrogen (secondary N) is 1. The van der Waals surface area contributed by atoms with Gasteiger partial charge in [0.1, 0.15) is 12.3 Å². The third-order valence-electron chi connectivity index (χ3n) is 6.84. The SMILES string of the molecule is CC[C@H](NC(=O)CN(c1ccc(C)cc1)S(=O)(=O)c1ccc(OC)c(Br)c1)c1ccc2c(c1)CCCC2. The van der Waals surface area contributed by atoms with E-state index in [1.165, 1.54) is 43.2 Å². The molecule has 0 aromatic heterocycles. The van der Waals surface area contributed by atoms with Gasteiger partial charge >= 0.3 is 0 Å². The second-order valence-corrected chi connectivity index (χ2v) is 12.1. The highest BCUT2D eigenvalue weighted by Crippen LogP contribution is 2.31. The highest BCUT2D eigenvalue weighted by atomic mass is 79.9. The monoisotopic (exact) mass is 584 g/mol. The predicted octanol–water partition coefficient (Wildman–Crippen LogP) is 6.11. The van der Waals surface area contributed by atoms with Gasteiger partial charge < -0.3 is 10.1 Å². The number of hydrogen-bond donors (Lipinski definition) is 1. The molecule has 0 radical (unpaired) electrons. The topological polar surface area (TPSA) is 75.7 Å². The molecule has 1 aliphatic rings. The van der Waals surface area contributed by atoms with Gasteiger partial charge in [0.25, 0.3) is 10.0 Å². The maximum absolute atomic E-state index is 13.8. The quantitative estimate of drug-likeness (QED) is 0.329. The van der Waals surface area contributed by atoms with Crippen LogP contribution in [0.15, 0.2) is 70.0 Å². The molecule has 1 amide bonds. The summed E-state index contributed by atoms with van der Waals surface area (Å²) in [5.74, 6) is 0.163. The van der Waals surface area contributed by atoms with E-state index in [0.29, 0.717) is 22.3 Å². The van der Waals surface area contributed by atoms with Gasteiger partial charge in [0.2, 0.25) is 5.91 Å². The summed E-state index contributed by atoms with van der Waals surface area (Å²) in [5, 5.41) is 3.08. The molecule has 0 fully saturated rings. The number of sulfonamides is 1. The number of halogens is 1. The Kier molecular flexibility index (Phi) is 8.60. The first-order chi connectivity index (χ1) is 17.7. The Bertz CT molecular complexity index is 1370. The minimum Gasteiger partial charge on any atom is -0.496 e. The summed E-state index contributed by atoms with van der Waals surface area (Å²) in [6.45, 7) is 3.62. The van der Waals surface area contributed by atoms with E-state index in [1.807, 2.05) is 26.0 Å². The van der Waals surface area contributed by atoms with Gasteiger partial charge in [-0.3, -0.25) is 9.10 Å². The minimum atomic E-state index is -4.04. The standard InChI is InChI=1S/C29H33BrN2O4S/c1-4-27(23-12-11-21-7-5-6-8-22(21)17-23)31-29(33)19-32(24-13-9-20(2)10-14-24)37(34,35)25-15-16-28(36-3)26(30)18-25/h9-18,27H,4-8,19H2,1-3H3,(H,31,33)/t27-/m0/s1. The third kappa shape index (κ3) is 6.18. The van der Waals surface area contributed by atoms with Crippen molar-refractivity contribution in [1.29, 1.82) is 0 Å². The molecule has 3 aromatic rings. The van der Waals surface area contributed by atoms with Crippen LogP contribution in [0.25, 0.3) is 0 Å². The van der Waals surface area contributed by atoms with Gasteiger partial charge in [-0.15, -0.1) is 0 Å². The van der Waals surface area contributed by atoms with Gasteiger partial charge in [0.15, 0.2) is 0 Å². The molecule has 196 valence electrons. The van der Waals surface area contributed by atoms with Crippen LogP contribution in [0, 0.1) is 6.92 Å². The molecule has 0 unspecified atom stereocenters. The predicted molar refractivity (Wildman–Crippen MR) is 151 cm³/mol. The molecule has 37 heavy (non-hydrogen) atoms. The summed E-state index contributed by atoms with van der Waals surface area (Å²) in [6, 6.07) is 17.9. The van der Waals surface area contributed by atoms with Crippen molar-refractivity contribution in [3.05, 3.63) is 87.4 Å². The summed E-state index contributed by atoms with van der Waals surface area (Å²) in [4.78, 5) is 13.4. The Balaban J connectivity index is 1.61. The van der Waals surface area contributed by atoms with E-state index in [0.717, 1.165) is 28.3 Å². The molecule has 0 spiro atoms. The van der Waals surface area contributed by atoms with E-state index < -0.39 is 10.0 Å². The first-order valence-corrected chi connectivity index (χ1v) is 14.8. The largest absolute Gasteiger partial charge is 0.496 e. The first-order valence-electron chi connectivity index (χ1n) is 12.6. The zero-order valence-electron chi connectivity index (χ0n) is 21.5. The fourth-order valence-electron chi connectivity index (χ4n) is 4.72. The molecule has 0 heterocycles. The third-order valence-corrected chi connectivity index (χ3v) is 9.23. The highest BCUT2D eigenvalue weighted by molar-refractivity contribution is 9.10. The number of carbonyl (C=O) groups is 1. The Morgan fingerprint density at radius 3 is 2.38 bits per heavy atom. The van der Waals surface area contributed by atoms with Gasteiger partial charge in [0, 0.05) is 0 Å². The number of carbonyl (C=O) groups excluding carboxylic acids is 1. The molecule has 1 N–H and O–H groups in total. The lowest BCUT2D eigenvalue weighted by Gasteiger charge is -2.26. The normalized spacial score (nSPS) is 13.9. The van der Waals surface area contributed by atoms with Crippen molar-refractivity contribution < 1.29 is 17.9 Å². The maximum atomic E-state index is 13.8. The lowest BCUT2D eigenvalue weighted by atomic mass is 9.89. The van der Waals surface area contributed by atoms with Gasteiger partial charge in [-0.2, -0.15) is 0 Å². The second-order valence-electron chi connectivity index (χ2n) is 9.41. The summed E-state index contributed by atoms with van der Waals surface area (Å²) < 4.78 is 34.5. The molecule has 0 saturated carbocycles. The number of ether oxygens (including phenoxy) is 1. The van der Waals surface area contributed by atoms with Crippen molar-refractivity contribution in [2.24, 2.45) is 0 Å². The van der Waals surface area contributed by atoms with Crippen LogP contribution in [0.5, 0.6) is 5.75 Å². The van der Waals surface area contributed by atoms with Gasteiger partial charge in [-0.25, -0.2) is 8.42 Å². The van der Waals surface area contributed by atoms with E-state index >= 15 is 0 Å². The second kappa shape index (κ2) is 11.7. The molecule has 0 saturated heterocycles. The molecule has 6 nitrogen and oxygen atoms in total. The number of fused-ring (bicyclic) bond motifs is 1. The summed E-state index contributed by atoms with van der Waals surface area (Å²) in [5.41, 5.74) is 5.22. The number of rotatable bonds is 9. The number of anilines is 1. The molecule has 1 atom stereocenters. The summed E-state index contributed by atoms with van der Waals surface area (Å²) in [7, 11) is -2.52. The lowest BCUT2D eigenvalue weighted by Crippen LogP contribution is -2.42. The van der Waals surface area contributed by atoms with Crippen molar-refractivity contribution in [2.75, 3.05) is 18.0 Å². The molecular weight excluding hydrogens is 552 g/mol. The van der Waals surface area contributed by atoms with Crippen molar-refractivity contribution >= 4 is 37.5 Å². The molecule has 3 aromatic carbocycles. The van der Waals surface area contributed by atoms with E-state index in [1.54, 1.807) is 18.2 Å². The molecule has 0 aliphatic heterocycles. The summed E-state index contributed by atoms with van der Waals surface area (Å²) in [6.07, 6.45) is 5.26. The smallest absolute Gasteiger partial charge is 0.264 e. The van der Waals surface area contributed by atoms with Crippen LogP contribution >= 0.6 is 15.9 Å². The average Bonchev–Trinajstić information content (AvgIpc) is 2.90. The van der Waals surface area contributed by atoms with Crippen molar-refractivity contribution in [3.63, 3.8) is 0 Å². The summed E-state index contributed by atoms with van der Waals surface area (Å²) >= 11 is 3.37. The molecular formula is C29H33BrN2O4S. The Morgan fingerprint density at radius 1 is 1.03 bits per heavy atom. The van der Waals surface area contributed by atoms with Crippen LogP contribution in [-0.4, -0.2) is 28.0 Å². The van der Waals surface area contributed by atoms with E-state index in [9.17, 15) is 13.2 Å². The molecule has 1 aliphatic carbocycles. The van der Waals surface area contributed by atoms with Crippen LogP contribution in [0.3, 0.4) is 0 Å². The number of aryl methyl sites for hydroxylation is 3. The van der Waals surface area contributed by atoms with Crippen LogP contribution in [0.2, 0.25) is 0 Å².